The zero-order chi connectivity index (χ0) is 28.8. The summed E-state index contributed by atoms with van der Waals surface area (Å²) in [7, 11) is -1.45. The first-order chi connectivity index (χ1) is 19.8. The van der Waals surface area contributed by atoms with Gasteiger partial charge in [0.25, 0.3) is 0 Å². The van der Waals surface area contributed by atoms with Crippen LogP contribution in [0.15, 0.2) is 72.4 Å². The van der Waals surface area contributed by atoms with Crippen LogP contribution in [0.1, 0.15) is 10.6 Å². The minimum atomic E-state index is -3.01. The van der Waals surface area contributed by atoms with Crippen LogP contribution in [-0.2, 0) is 23.0 Å². The molecule has 5 aromatic rings. The third kappa shape index (κ3) is 7.54. The Labute approximate surface area is 241 Å². The largest absolute Gasteiger partial charge is 0.493 e. The molecule has 0 aliphatic rings. The third-order valence-corrected chi connectivity index (χ3v) is 7.91. The van der Waals surface area contributed by atoms with Crippen LogP contribution < -0.4 is 20.1 Å². The summed E-state index contributed by atoms with van der Waals surface area (Å²) in [5, 5.41) is 10.1. The van der Waals surface area contributed by atoms with E-state index < -0.39 is 9.84 Å². The van der Waals surface area contributed by atoms with Crippen molar-refractivity contribution in [2.75, 3.05) is 31.0 Å². The van der Waals surface area contributed by atoms with Gasteiger partial charge in [0.15, 0.2) is 11.5 Å². The van der Waals surface area contributed by atoms with Crippen LogP contribution in [0.5, 0.6) is 11.5 Å². The average Bonchev–Trinajstić information content (AvgIpc) is 3.43. The van der Waals surface area contributed by atoms with Gasteiger partial charge in [0.1, 0.15) is 39.4 Å². The Morgan fingerprint density at radius 1 is 1.02 bits per heavy atom. The molecule has 2 aromatic heterocycles. The number of benzene rings is 3. The van der Waals surface area contributed by atoms with Gasteiger partial charge in [-0.3, -0.25) is 0 Å². The Bertz CT molecular complexity index is 1780. The molecule has 212 valence electrons. The highest BCUT2D eigenvalue weighted by atomic mass is 32.2. The lowest BCUT2D eigenvalue weighted by atomic mass is 10.1. The molecule has 0 aliphatic heterocycles. The number of anilines is 2. The number of ether oxygens (including phenoxy) is 2. The van der Waals surface area contributed by atoms with Gasteiger partial charge in [-0.15, -0.1) is 11.3 Å². The van der Waals surface area contributed by atoms with E-state index in [9.17, 15) is 12.8 Å². The summed E-state index contributed by atoms with van der Waals surface area (Å²) in [6, 6.07) is 17.6. The summed E-state index contributed by atoms with van der Waals surface area (Å²) in [6.45, 7) is 1.07. The van der Waals surface area contributed by atoms with Crippen molar-refractivity contribution >= 4 is 43.6 Å². The summed E-state index contributed by atoms with van der Waals surface area (Å²) < 4.78 is 47.6. The Morgan fingerprint density at radius 2 is 1.90 bits per heavy atom. The Hall–Kier alpha value is -4.13. The number of nitrogens with zero attached hydrogens (tertiary/aromatic N) is 3. The zero-order valence-electron chi connectivity index (χ0n) is 22.4. The molecule has 0 amide bonds. The quantitative estimate of drug-likeness (QED) is 0.185. The molecule has 0 unspecified atom stereocenters. The number of rotatable bonds is 12. The standard InChI is InChI=1S/C29H28FN5O4S2/c1-38-27-14-22(7-9-26(27)39-16-19-4-3-5-21(30)12-19)34-29-23-13-20(6-8-24(23)32-18-33-29)25-17-40-28(35-25)15-31-10-11-41(2,36)37/h3-9,12-14,17-18,31H,10-11,15-16H2,1-2H3,(H,32,33,34). The van der Waals surface area contributed by atoms with Gasteiger partial charge >= 0.3 is 0 Å². The summed E-state index contributed by atoms with van der Waals surface area (Å²) in [5.74, 6) is 1.44. The molecule has 0 bridgehead atoms. The molecule has 0 radical (unpaired) electrons. The van der Waals surface area contributed by atoms with Gasteiger partial charge in [-0.2, -0.15) is 0 Å². The molecule has 0 aliphatic carbocycles. The van der Waals surface area contributed by atoms with Gasteiger partial charge < -0.3 is 20.1 Å². The topological polar surface area (TPSA) is 115 Å². The second kappa shape index (κ2) is 12.6. The number of nitrogens with one attached hydrogen (secondary N) is 2. The van der Waals surface area contributed by atoms with Gasteiger partial charge in [0.2, 0.25) is 0 Å². The molecular weight excluding hydrogens is 565 g/mol. The third-order valence-electron chi connectivity index (χ3n) is 6.12. The minimum Gasteiger partial charge on any atom is -0.493 e. The molecular formula is C29H28FN5O4S2. The number of hydrogen-bond donors (Lipinski definition) is 2. The van der Waals surface area contributed by atoms with Crippen molar-refractivity contribution in [2.45, 2.75) is 13.2 Å². The fraction of sp³-hybridized carbons (Fsp3) is 0.207. The van der Waals surface area contributed by atoms with Crippen molar-refractivity contribution in [3.63, 3.8) is 0 Å². The molecule has 5 rings (SSSR count). The Morgan fingerprint density at radius 3 is 2.71 bits per heavy atom. The van der Waals surface area contributed by atoms with E-state index in [0.717, 1.165) is 32.9 Å². The first-order valence-electron chi connectivity index (χ1n) is 12.7. The maximum Gasteiger partial charge on any atom is 0.162 e. The summed E-state index contributed by atoms with van der Waals surface area (Å²) in [4.78, 5) is 13.6. The highest BCUT2D eigenvalue weighted by Gasteiger charge is 2.12. The number of halogens is 1. The van der Waals surface area contributed by atoms with E-state index in [0.29, 0.717) is 36.0 Å². The van der Waals surface area contributed by atoms with Crippen LogP contribution in [0.4, 0.5) is 15.9 Å². The smallest absolute Gasteiger partial charge is 0.162 e. The second-order valence-corrected chi connectivity index (χ2v) is 12.5. The van der Waals surface area contributed by atoms with E-state index in [2.05, 4.69) is 20.6 Å². The summed E-state index contributed by atoms with van der Waals surface area (Å²) in [6.07, 6.45) is 2.72. The SMILES string of the molecule is COc1cc(Nc2ncnc3ccc(-c4csc(CNCCS(C)(=O)=O)n4)cc23)ccc1OCc1cccc(F)c1. The van der Waals surface area contributed by atoms with E-state index in [-0.39, 0.29) is 18.2 Å². The van der Waals surface area contributed by atoms with Crippen molar-refractivity contribution in [2.24, 2.45) is 0 Å². The monoisotopic (exact) mass is 593 g/mol. The van der Waals surface area contributed by atoms with E-state index in [1.807, 2.05) is 35.7 Å². The number of thiazole rings is 1. The average molecular weight is 594 g/mol. The Kier molecular flexibility index (Phi) is 8.72. The lowest BCUT2D eigenvalue weighted by Gasteiger charge is -2.14. The fourth-order valence-corrected chi connectivity index (χ4v) is 5.37. The molecule has 12 heteroatoms. The molecule has 0 saturated carbocycles. The molecule has 0 saturated heterocycles. The normalized spacial score (nSPS) is 11.5. The van der Waals surface area contributed by atoms with Crippen molar-refractivity contribution in [1.29, 1.82) is 0 Å². The predicted octanol–water partition coefficient (Wildman–Crippen LogP) is 5.36. The fourth-order valence-electron chi connectivity index (χ4n) is 4.08. The van der Waals surface area contributed by atoms with Crippen LogP contribution in [0, 0.1) is 5.82 Å². The van der Waals surface area contributed by atoms with Crippen molar-refractivity contribution in [1.82, 2.24) is 20.3 Å². The minimum absolute atomic E-state index is 0.0855. The number of methoxy groups -OCH3 is 1. The number of sulfone groups is 1. The maximum atomic E-state index is 13.5. The molecule has 0 fully saturated rings. The molecule has 9 nitrogen and oxygen atoms in total. The number of aromatic nitrogens is 3. The zero-order valence-corrected chi connectivity index (χ0v) is 24.1. The first-order valence-corrected chi connectivity index (χ1v) is 15.6. The molecule has 2 heterocycles. The first kappa shape index (κ1) is 28.4. The van der Waals surface area contributed by atoms with Crippen LogP contribution in [0.3, 0.4) is 0 Å². The van der Waals surface area contributed by atoms with Gasteiger partial charge in [-0.25, -0.2) is 27.8 Å². The van der Waals surface area contributed by atoms with Crippen molar-refractivity contribution in [3.05, 3.63) is 88.8 Å². The highest BCUT2D eigenvalue weighted by molar-refractivity contribution is 7.90. The van der Waals surface area contributed by atoms with Crippen molar-refractivity contribution < 1.29 is 22.3 Å². The summed E-state index contributed by atoms with van der Waals surface area (Å²) in [5.41, 5.74) is 3.95. The molecule has 2 N–H and O–H groups in total. The second-order valence-electron chi connectivity index (χ2n) is 9.30. The van der Waals surface area contributed by atoms with E-state index >= 15 is 0 Å². The molecule has 3 aromatic carbocycles. The predicted molar refractivity (Wildman–Crippen MR) is 159 cm³/mol. The number of hydrogen-bond acceptors (Lipinski definition) is 10. The molecule has 41 heavy (non-hydrogen) atoms. The van der Waals surface area contributed by atoms with Crippen LogP contribution >= 0.6 is 11.3 Å². The van der Waals surface area contributed by atoms with Gasteiger partial charge in [-0.1, -0.05) is 18.2 Å². The highest BCUT2D eigenvalue weighted by Crippen LogP contribution is 2.34. The lowest BCUT2D eigenvalue weighted by Crippen LogP contribution is -2.21. The molecule has 0 spiro atoms. The van der Waals surface area contributed by atoms with E-state index in [1.165, 1.54) is 36.1 Å². The maximum absolute atomic E-state index is 13.5. The van der Waals surface area contributed by atoms with Crippen LogP contribution in [-0.4, -0.2) is 49.0 Å². The van der Waals surface area contributed by atoms with E-state index in [1.54, 1.807) is 25.3 Å². The molecule has 0 atom stereocenters. The van der Waals surface area contributed by atoms with Crippen LogP contribution in [0.25, 0.3) is 22.2 Å². The van der Waals surface area contributed by atoms with Gasteiger partial charge in [-0.05, 0) is 42.0 Å². The van der Waals surface area contributed by atoms with Crippen LogP contribution in [0.2, 0.25) is 0 Å². The Balaban J connectivity index is 1.31. The van der Waals surface area contributed by atoms with Gasteiger partial charge in [0.05, 0.1) is 24.1 Å². The lowest BCUT2D eigenvalue weighted by molar-refractivity contribution is 0.284. The van der Waals surface area contributed by atoms with Crippen molar-refractivity contribution in [3.8, 4) is 22.8 Å². The summed E-state index contributed by atoms with van der Waals surface area (Å²) >= 11 is 1.51. The van der Waals surface area contributed by atoms with E-state index in [4.69, 9.17) is 14.5 Å². The van der Waals surface area contributed by atoms with Gasteiger partial charge in [0, 0.05) is 47.4 Å². The number of fused-ring (bicyclic) bond motifs is 1.